The highest BCUT2D eigenvalue weighted by Gasteiger charge is 2.21. The van der Waals surface area contributed by atoms with E-state index in [2.05, 4.69) is 264 Å². The molecule has 0 atom stereocenters. The second kappa shape index (κ2) is 16.1. The number of fused-ring (bicyclic) bond motifs is 3. The van der Waals surface area contributed by atoms with Crippen LogP contribution in [-0.2, 0) is 0 Å². The van der Waals surface area contributed by atoms with Crippen molar-refractivity contribution in [3.8, 4) is 61.3 Å². The third-order valence-electron chi connectivity index (χ3n) is 12.0. The van der Waals surface area contributed by atoms with Crippen molar-refractivity contribution in [2.24, 2.45) is 0 Å². The summed E-state index contributed by atoms with van der Waals surface area (Å²) >= 11 is 0. The summed E-state index contributed by atoms with van der Waals surface area (Å²) in [6, 6.07) is 92.1. The van der Waals surface area contributed by atoms with Crippen molar-refractivity contribution in [3.63, 3.8) is 0 Å². The van der Waals surface area contributed by atoms with Crippen molar-refractivity contribution < 1.29 is 0 Å². The highest BCUT2D eigenvalue weighted by molar-refractivity contribution is 6.11. The first kappa shape index (κ1) is 36.8. The van der Waals surface area contributed by atoms with Crippen molar-refractivity contribution in [1.82, 2.24) is 4.57 Å². The molecule has 0 amide bonds. The molecule has 0 spiro atoms. The average Bonchev–Trinajstić information content (AvgIpc) is 3.69. The van der Waals surface area contributed by atoms with E-state index >= 15 is 0 Å². The SMILES string of the molecule is c1ccc(-c2cccc(N(c3ccccc3)c3ccccc3-c3ccccc3-c3ccc4c5ccccc5n(-c5ccc(-c6ccccc6)cc5-c5ccccc5)c4c3)c2)cc1. The highest BCUT2D eigenvalue weighted by Crippen LogP contribution is 2.45. The number of aromatic nitrogens is 1. The zero-order chi connectivity index (χ0) is 41.2. The lowest BCUT2D eigenvalue weighted by Gasteiger charge is -2.28. The van der Waals surface area contributed by atoms with Crippen molar-refractivity contribution in [2.75, 3.05) is 4.90 Å². The van der Waals surface area contributed by atoms with Crippen LogP contribution in [0.3, 0.4) is 0 Å². The van der Waals surface area contributed by atoms with E-state index < -0.39 is 0 Å². The van der Waals surface area contributed by atoms with Gasteiger partial charge in [0, 0.05) is 33.3 Å². The highest BCUT2D eigenvalue weighted by atomic mass is 15.1. The van der Waals surface area contributed by atoms with Crippen LogP contribution >= 0.6 is 0 Å². The summed E-state index contributed by atoms with van der Waals surface area (Å²) in [5.41, 5.74) is 18.6. The maximum absolute atomic E-state index is 2.47. The van der Waals surface area contributed by atoms with Crippen LogP contribution in [0.15, 0.2) is 255 Å². The van der Waals surface area contributed by atoms with Gasteiger partial charge >= 0.3 is 0 Å². The number of benzene rings is 10. The van der Waals surface area contributed by atoms with Crippen LogP contribution in [0.5, 0.6) is 0 Å². The Morgan fingerprint density at radius 1 is 0.258 bits per heavy atom. The van der Waals surface area contributed by atoms with Crippen LogP contribution in [0.25, 0.3) is 83.1 Å². The first-order valence-corrected chi connectivity index (χ1v) is 21.3. The van der Waals surface area contributed by atoms with E-state index in [0.29, 0.717) is 0 Å². The predicted octanol–water partition coefficient (Wildman–Crippen LogP) is 16.6. The molecule has 0 bridgehead atoms. The number of hydrogen-bond acceptors (Lipinski definition) is 1. The molecule has 0 aliphatic rings. The van der Waals surface area contributed by atoms with Crippen LogP contribution in [0.1, 0.15) is 0 Å². The quantitative estimate of drug-likeness (QED) is 0.141. The molecule has 0 aliphatic carbocycles. The van der Waals surface area contributed by atoms with E-state index in [0.717, 1.165) is 33.9 Å². The number of rotatable bonds is 9. The summed E-state index contributed by atoms with van der Waals surface area (Å²) in [6.45, 7) is 0. The van der Waals surface area contributed by atoms with E-state index in [1.807, 2.05) is 0 Å². The second-order valence-electron chi connectivity index (χ2n) is 15.7. The molecule has 2 nitrogen and oxygen atoms in total. The molecular formula is C60H42N2. The van der Waals surface area contributed by atoms with Gasteiger partial charge in [0.2, 0.25) is 0 Å². The van der Waals surface area contributed by atoms with Gasteiger partial charge in [-0.05, 0) is 99.1 Å². The molecule has 10 aromatic carbocycles. The van der Waals surface area contributed by atoms with Crippen molar-refractivity contribution >= 4 is 38.9 Å². The Bertz CT molecular complexity index is 3330. The number of anilines is 3. The zero-order valence-electron chi connectivity index (χ0n) is 34.1. The Hall–Kier alpha value is -8.20. The molecule has 2 heteroatoms. The van der Waals surface area contributed by atoms with E-state index in [4.69, 9.17) is 0 Å². The summed E-state index contributed by atoms with van der Waals surface area (Å²) in [5, 5.41) is 2.46. The van der Waals surface area contributed by atoms with Gasteiger partial charge in [0.1, 0.15) is 0 Å². The first-order chi connectivity index (χ1) is 30.8. The number of para-hydroxylation sites is 3. The first-order valence-electron chi connectivity index (χ1n) is 21.3. The number of nitrogens with zero attached hydrogens (tertiary/aromatic N) is 2. The summed E-state index contributed by atoms with van der Waals surface area (Å²) in [4.78, 5) is 2.39. The monoisotopic (exact) mass is 790 g/mol. The van der Waals surface area contributed by atoms with Crippen molar-refractivity contribution in [2.45, 2.75) is 0 Å². The molecule has 0 saturated heterocycles. The lowest BCUT2D eigenvalue weighted by atomic mass is 9.92. The third kappa shape index (κ3) is 6.74. The molecular weight excluding hydrogens is 749 g/mol. The molecule has 0 N–H and O–H groups in total. The van der Waals surface area contributed by atoms with Crippen LogP contribution in [0.2, 0.25) is 0 Å². The standard InChI is InChI=1S/C60H42N2/c1-5-20-43(21-6-1)46-26-19-29-50(40-46)61(49-27-11-4-12-28-49)57-34-17-15-32-53(57)52-31-14-13-30-51(52)48-36-38-55-54-33-16-18-35-58(54)62(60(55)42-48)59-39-37-47(44-22-7-2-8-23-44)41-56(59)45-24-9-3-10-25-45/h1-42H. The molecule has 292 valence electrons. The molecule has 62 heavy (non-hydrogen) atoms. The van der Waals surface area contributed by atoms with Gasteiger partial charge in [-0.2, -0.15) is 0 Å². The fourth-order valence-corrected chi connectivity index (χ4v) is 9.11. The summed E-state index contributed by atoms with van der Waals surface area (Å²) in [7, 11) is 0. The Morgan fingerprint density at radius 2 is 0.774 bits per heavy atom. The fraction of sp³-hybridized carbons (Fsp3) is 0. The van der Waals surface area contributed by atoms with Gasteiger partial charge in [0.25, 0.3) is 0 Å². The van der Waals surface area contributed by atoms with Gasteiger partial charge in [0.05, 0.1) is 22.4 Å². The predicted molar refractivity (Wildman–Crippen MR) is 263 cm³/mol. The lowest BCUT2D eigenvalue weighted by Crippen LogP contribution is -2.11. The number of hydrogen-bond donors (Lipinski definition) is 0. The Morgan fingerprint density at radius 3 is 1.50 bits per heavy atom. The van der Waals surface area contributed by atoms with E-state index in [9.17, 15) is 0 Å². The summed E-state index contributed by atoms with van der Waals surface area (Å²) in [5.74, 6) is 0. The maximum atomic E-state index is 2.47. The molecule has 0 radical (unpaired) electrons. The second-order valence-corrected chi connectivity index (χ2v) is 15.7. The molecule has 1 heterocycles. The molecule has 0 saturated carbocycles. The minimum Gasteiger partial charge on any atom is -0.310 e. The molecule has 11 rings (SSSR count). The Kier molecular flexibility index (Phi) is 9.57. The lowest BCUT2D eigenvalue weighted by molar-refractivity contribution is 1.18. The van der Waals surface area contributed by atoms with E-state index in [-0.39, 0.29) is 0 Å². The fourth-order valence-electron chi connectivity index (χ4n) is 9.11. The molecule has 11 aromatic rings. The van der Waals surface area contributed by atoms with Gasteiger partial charge in [-0.1, -0.05) is 200 Å². The van der Waals surface area contributed by atoms with Crippen LogP contribution < -0.4 is 4.90 Å². The molecule has 0 aliphatic heterocycles. The Balaban J connectivity index is 1.10. The summed E-state index contributed by atoms with van der Waals surface area (Å²) < 4.78 is 2.47. The topological polar surface area (TPSA) is 8.17 Å². The smallest absolute Gasteiger partial charge is 0.0547 e. The van der Waals surface area contributed by atoms with Crippen LogP contribution in [0, 0.1) is 0 Å². The molecule has 0 unspecified atom stereocenters. The van der Waals surface area contributed by atoms with Gasteiger partial charge in [-0.25, -0.2) is 0 Å². The Labute approximate surface area is 362 Å². The largest absolute Gasteiger partial charge is 0.310 e. The van der Waals surface area contributed by atoms with Gasteiger partial charge in [0.15, 0.2) is 0 Å². The van der Waals surface area contributed by atoms with Crippen molar-refractivity contribution in [3.05, 3.63) is 255 Å². The van der Waals surface area contributed by atoms with Gasteiger partial charge in [-0.3, -0.25) is 0 Å². The van der Waals surface area contributed by atoms with Crippen LogP contribution in [0.4, 0.5) is 17.1 Å². The van der Waals surface area contributed by atoms with Crippen LogP contribution in [-0.4, -0.2) is 4.57 Å². The third-order valence-corrected chi connectivity index (χ3v) is 12.0. The average molecular weight is 791 g/mol. The normalized spacial score (nSPS) is 11.2. The van der Waals surface area contributed by atoms with Gasteiger partial charge < -0.3 is 9.47 Å². The molecule has 1 aromatic heterocycles. The maximum Gasteiger partial charge on any atom is 0.0547 e. The minimum absolute atomic E-state index is 1.10. The van der Waals surface area contributed by atoms with Crippen molar-refractivity contribution in [1.29, 1.82) is 0 Å². The minimum atomic E-state index is 1.10. The van der Waals surface area contributed by atoms with Gasteiger partial charge in [-0.15, -0.1) is 0 Å². The van der Waals surface area contributed by atoms with E-state index in [1.165, 1.54) is 66.3 Å². The van der Waals surface area contributed by atoms with E-state index in [1.54, 1.807) is 0 Å². The molecule has 0 fully saturated rings. The summed E-state index contributed by atoms with van der Waals surface area (Å²) in [6.07, 6.45) is 0. The zero-order valence-corrected chi connectivity index (χ0v) is 34.1.